The van der Waals surface area contributed by atoms with Crippen molar-refractivity contribution in [3.05, 3.63) is 0 Å². The van der Waals surface area contributed by atoms with Gasteiger partial charge in [0.1, 0.15) is 0 Å². The number of hydrogen-bond acceptors (Lipinski definition) is 2. The molecule has 17 heavy (non-hydrogen) atoms. The summed E-state index contributed by atoms with van der Waals surface area (Å²) in [4.78, 5) is 14.1. The minimum Gasteiger partial charge on any atom is -0.341 e. The number of rotatable bonds is 6. The average molecular weight is 261 g/mol. The maximum atomic E-state index is 12.1. The minimum atomic E-state index is -0.282. The Morgan fingerprint density at radius 1 is 1.29 bits per heavy atom. The van der Waals surface area contributed by atoms with E-state index in [2.05, 4.69) is 6.92 Å². The van der Waals surface area contributed by atoms with Crippen molar-refractivity contribution < 1.29 is 4.79 Å². The quantitative estimate of drug-likeness (QED) is 0.796. The van der Waals surface area contributed by atoms with Gasteiger partial charge in [-0.3, -0.25) is 4.79 Å². The van der Waals surface area contributed by atoms with Gasteiger partial charge in [0.15, 0.2) is 0 Å². The van der Waals surface area contributed by atoms with Gasteiger partial charge in [-0.15, -0.1) is 12.4 Å². The highest BCUT2D eigenvalue weighted by atomic mass is 35.5. The Hall–Kier alpha value is -0.280. The highest BCUT2D eigenvalue weighted by Crippen LogP contribution is 2.46. The van der Waals surface area contributed by atoms with Gasteiger partial charge in [0.05, 0.1) is 6.04 Å². The molecule has 2 saturated carbocycles. The first-order valence-electron chi connectivity index (χ1n) is 6.67. The topological polar surface area (TPSA) is 46.3 Å². The van der Waals surface area contributed by atoms with E-state index in [0.29, 0.717) is 6.04 Å². The summed E-state index contributed by atoms with van der Waals surface area (Å²) in [5, 5.41) is 0. The molecule has 0 saturated heterocycles. The molecular weight excluding hydrogens is 236 g/mol. The molecule has 2 rings (SSSR count). The number of carbonyl (C=O) groups excluding carboxylic acids is 1. The second kappa shape index (κ2) is 6.05. The summed E-state index contributed by atoms with van der Waals surface area (Å²) in [5.74, 6) is 1.70. The van der Waals surface area contributed by atoms with E-state index in [-0.39, 0.29) is 24.4 Å². The fourth-order valence-electron chi connectivity index (χ4n) is 2.74. The van der Waals surface area contributed by atoms with Crippen molar-refractivity contribution in [2.45, 2.75) is 57.5 Å². The van der Waals surface area contributed by atoms with Gasteiger partial charge in [0.25, 0.3) is 0 Å². The lowest BCUT2D eigenvalue weighted by Gasteiger charge is -2.30. The average Bonchev–Trinajstić information content (AvgIpc) is 3.10. The molecule has 1 amide bonds. The lowest BCUT2D eigenvalue weighted by molar-refractivity contribution is -0.134. The third-order valence-corrected chi connectivity index (χ3v) is 3.92. The molecule has 2 fully saturated rings. The van der Waals surface area contributed by atoms with Crippen LogP contribution in [0.5, 0.6) is 0 Å². The number of halogens is 1. The van der Waals surface area contributed by atoms with Crippen LogP contribution >= 0.6 is 12.4 Å². The number of amides is 1. The van der Waals surface area contributed by atoms with Crippen LogP contribution in [0.25, 0.3) is 0 Å². The molecule has 100 valence electrons. The van der Waals surface area contributed by atoms with E-state index in [1.54, 1.807) is 0 Å². The van der Waals surface area contributed by atoms with Crippen LogP contribution in [0.3, 0.4) is 0 Å². The van der Waals surface area contributed by atoms with Gasteiger partial charge in [-0.1, -0.05) is 13.3 Å². The van der Waals surface area contributed by atoms with Crippen LogP contribution in [0.15, 0.2) is 0 Å². The number of hydrogen-bond donors (Lipinski definition) is 1. The highest BCUT2D eigenvalue weighted by Gasteiger charge is 2.45. The van der Waals surface area contributed by atoms with Gasteiger partial charge in [-0.25, -0.2) is 0 Å². The molecule has 1 atom stereocenters. The molecule has 0 aromatic rings. The van der Waals surface area contributed by atoms with Crippen molar-refractivity contribution in [1.82, 2.24) is 4.90 Å². The van der Waals surface area contributed by atoms with E-state index in [9.17, 15) is 4.79 Å². The predicted octanol–water partition coefficient (Wildman–Crippen LogP) is 2.18. The van der Waals surface area contributed by atoms with Crippen molar-refractivity contribution in [2.24, 2.45) is 17.6 Å². The smallest absolute Gasteiger partial charge is 0.239 e. The van der Waals surface area contributed by atoms with Crippen molar-refractivity contribution in [2.75, 3.05) is 7.05 Å². The number of nitrogens with zero attached hydrogens (tertiary/aromatic N) is 1. The summed E-state index contributed by atoms with van der Waals surface area (Å²) >= 11 is 0. The second-order valence-electron chi connectivity index (χ2n) is 5.51. The van der Waals surface area contributed by atoms with Gasteiger partial charge < -0.3 is 10.6 Å². The normalized spacial score (nSPS) is 20.9. The summed E-state index contributed by atoms with van der Waals surface area (Å²) in [6, 6.07) is 0.213. The summed E-state index contributed by atoms with van der Waals surface area (Å²) in [5.41, 5.74) is 5.92. The zero-order valence-corrected chi connectivity index (χ0v) is 11.7. The van der Waals surface area contributed by atoms with Crippen LogP contribution in [-0.2, 0) is 4.79 Å². The Bertz CT molecular complexity index is 252. The maximum absolute atomic E-state index is 12.1. The van der Waals surface area contributed by atoms with E-state index < -0.39 is 0 Å². The molecule has 0 heterocycles. The first-order valence-corrected chi connectivity index (χ1v) is 6.67. The Balaban J connectivity index is 0.00000144. The highest BCUT2D eigenvalue weighted by molar-refractivity contribution is 5.85. The molecule has 0 aromatic heterocycles. The monoisotopic (exact) mass is 260 g/mol. The third kappa shape index (κ3) is 3.59. The molecule has 0 aromatic carbocycles. The standard InChI is InChI=1S/C13H24N2O.ClH/c1-3-4-11(14)13(16)15(2)12(9-5-6-9)10-7-8-10;/h9-12H,3-8,14H2,1-2H3;1H. The minimum absolute atomic E-state index is 0. The second-order valence-corrected chi connectivity index (χ2v) is 5.51. The first-order chi connectivity index (χ1) is 7.65. The molecule has 1 unspecified atom stereocenters. The van der Waals surface area contributed by atoms with E-state index in [1.807, 2.05) is 11.9 Å². The maximum Gasteiger partial charge on any atom is 0.239 e. The van der Waals surface area contributed by atoms with E-state index >= 15 is 0 Å². The van der Waals surface area contributed by atoms with Crippen LogP contribution in [0.1, 0.15) is 45.4 Å². The molecule has 2 N–H and O–H groups in total. The Morgan fingerprint density at radius 3 is 2.12 bits per heavy atom. The Labute approximate surface area is 111 Å². The molecule has 4 heteroatoms. The number of carbonyl (C=O) groups is 1. The van der Waals surface area contributed by atoms with Gasteiger partial charge in [0, 0.05) is 13.1 Å². The third-order valence-electron chi connectivity index (χ3n) is 3.92. The zero-order chi connectivity index (χ0) is 11.7. The van der Waals surface area contributed by atoms with Gasteiger partial charge >= 0.3 is 0 Å². The van der Waals surface area contributed by atoms with Gasteiger partial charge in [0.2, 0.25) is 5.91 Å². The van der Waals surface area contributed by atoms with Crippen LogP contribution in [0.4, 0.5) is 0 Å². The van der Waals surface area contributed by atoms with Crippen LogP contribution in [-0.4, -0.2) is 29.9 Å². The molecule has 2 aliphatic carbocycles. The fraction of sp³-hybridized carbons (Fsp3) is 0.923. The number of nitrogens with two attached hydrogens (primary N) is 1. The van der Waals surface area contributed by atoms with E-state index in [1.165, 1.54) is 25.7 Å². The van der Waals surface area contributed by atoms with Crippen molar-refractivity contribution in [1.29, 1.82) is 0 Å². The van der Waals surface area contributed by atoms with Crippen molar-refractivity contribution in [3.8, 4) is 0 Å². The van der Waals surface area contributed by atoms with Crippen molar-refractivity contribution >= 4 is 18.3 Å². The molecule has 3 nitrogen and oxygen atoms in total. The Kier molecular flexibility index (Phi) is 5.26. The molecule has 0 radical (unpaired) electrons. The van der Waals surface area contributed by atoms with Crippen LogP contribution < -0.4 is 5.73 Å². The fourth-order valence-corrected chi connectivity index (χ4v) is 2.74. The zero-order valence-electron chi connectivity index (χ0n) is 10.9. The van der Waals surface area contributed by atoms with Crippen LogP contribution in [0.2, 0.25) is 0 Å². The molecule has 0 spiro atoms. The van der Waals surface area contributed by atoms with Gasteiger partial charge in [-0.05, 0) is 43.9 Å². The Morgan fingerprint density at radius 2 is 1.76 bits per heavy atom. The molecule has 0 aliphatic heterocycles. The lowest BCUT2D eigenvalue weighted by Crippen LogP contribution is -2.48. The molecular formula is C13H25ClN2O. The van der Waals surface area contributed by atoms with Gasteiger partial charge in [-0.2, -0.15) is 0 Å². The lowest BCUT2D eigenvalue weighted by atomic mass is 10.0. The predicted molar refractivity (Wildman–Crippen MR) is 72.1 cm³/mol. The van der Waals surface area contributed by atoms with Crippen LogP contribution in [0, 0.1) is 11.8 Å². The summed E-state index contributed by atoms with van der Waals surface area (Å²) in [7, 11) is 1.96. The SMILES string of the molecule is CCCC(N)C(=O)N(C)C(C1CC1)C1CC1.Cl. The summed E-state index contributed by atoms with van der Waals surface area (Å²) in [6.07, 6.45) is 7.02. The molecule has 2 aliphatic rings. The molecule has 0 bridgehead atoms. The number of likely N-dealkylation sites (N-methyl/N-ethyl adjacent to an activating group) is 1. The largest absolute Gasteiger partial charge is 0.341 e. The van der Waals surface area contributed by atoms with Crippen molar-refractivity contribution in [3.63, 3.8) is 0 Å². The summed E-state index contributed by atoms with van der Waals surface area (Å²) < 4.78 is 0. The summed E-state index contributed by atoms with van der Waals surface area (Å²) in [6.45, 7) is 2.08. The van der Waals surface area contributed by atoms with E-state index in [0.717, 1.165) is 24.7 Å². The first kappa shape index (κ1) is 14.8. The van der Waals surface area contributed by atoms with E-state index in [4.69, 9.17) is 5.73 Å².